The van der Waals surface area contributed by atoms with E-state index in [0.29, 0.717) is 10.0 Å². The number of rotatable bonds is 3. The van der Waals surface area contributed by atoms with Gasteiger partial charge in [-0.3, -0.25) is 4.79 Å². The van der Waals surface area contributed by atoms with Crippen molar-refractivity contribution in [3.63, 3.8) is 0 Å². The number of carbonyl (C=O) groups is 1. The van der Waals surface area contributed by atoms with E-state index >= 15 is 0 Å². The van der Waals surface area contributed by atoms with Crippen LogP contribution in [0.5, 0.6) is 0 Å². The molecule has 0 aliphatic carbocycles. The summed E-state index contributed by atoms with van der Waals surface area (Å²) in [5.74, 6) is -0.642. The Morgan fingerprint density at radius 1 is 1.09 bits per heavy atom. The van der Waals surface area contributed by atoms with Crippen molar-refractivity contribution in [2.45, 2.75) is 4.90 Å². The maximum atomic E-state index is 12.4. The molecule has 2 aromatic rings. The van der Waals surface area contributed by atoms with E-state index in [1.165, 1.54) is 6.07 Å². The van der Waals surface area contributed by atoms with Gasteiger partial charge in [-0.1, -0.05) is 12.1 Å². The fourth-order valence-electron chi connectivity index (χ4n) is 1.62. The third-order valence-electron chi connectivity index (χ3n) is 2.59. The van der Waals surface area contributed by atoms with Crippen molar-refractivity contribution in [1.29, 1.82) is 0 Å². The van der Waals surface area contributed by atoms with Crippen LogP contribution in [0.1, 0.15) is 10.4 Å². The highest BCUT2D eigenvalue weighted by molar-refractivity contribution is 14.1. The Morgan fingerprint density at radius 2 is 1.73 bits per heavy atom. The first-order valence-corrected chi connectivity index (χ1v) is 11.2. The zero-order chi connectivity index (χ0) is 16.5. The molecule has 0 bridgehead atoms. The number of hydrogen-bond acceptors (Lipinski definition) is 3. The second-order valence-corrected chi connectivity index (χ2v) is 10.1. The first-order valence-electron chi connectivity index (χ1n) is 5.68. The summed E-state index contributed by atoms with van der Waals surface area (Å²) < 4.78 is 29.7. The van der Waals surface area contributed by atoms with E-state index in [1.807, 2.05) is 28.7 Å². The smallest absolute Gasteiger partial charge is 0.266 e. The lowest BCUT2D eigenvalue weighted by molar-refractivity contribution is 0.0980. The van der Waals surface area contributed by atoms with E-state index in [0.717, 1.165) is 10.7 Å². The van der Waals surface area contributed by atoms with Crippen molar-refractivity contribution < 1.29 is 13.2 Å². The van der Waals surface area contributed by atoms with Crippen molar-refractivity contribution in [3.8, 4) is 0 Å². The Bertz CT molecular complexity index is 856. The quantitative estimate of drug-likeness (QED) is 0.379. The normalized spacial score (nSPS) is 11.3. The molecule has 9 heteroatoms. The lowest BCUT2D eigenvalue weighted by Gasteiger charge is -2.10. The number of sulfonamides is 1. The summed E-state index contributed by atoms with van der Waals surface area (Å²) >= 11 is 9.42. The van der Waals surface area contributed by atoms with Crippen LogP contribution in [-0.2, 0) is 10.0 Å². The van der Waals surface area contributed by atoms with Crippen LogP contribution < -0.4 is 4.72 Å². The van der Waals surface area contributed by atoms with Crippen LogP contribution in [0.15, 0.2) is 45.8 Å². The Labute approximate surface area is 177 Å². The molecule has 0 radical (unpaired) electrons. The summed E-state index contributed by atoms with van der Waals surface area (Å²) in [6, 6.07) is 9.93. The summed E-state index contributed by atoms with van der Waals surface area (Å²) in [5.41, 5.74) is 0.340. The van der Waals surface area contributed by atoms with Gasteiger partial charge in [-0.25, -0.2) is 13.1 Å². The first-order chi connectivity index (χ1) is 10.2. The zero-order valence-electron chi connectivity index (χ0n) is 10.6. The highest BCUT2D eigenvalue weighted by atomic mass is 127. The minimum Gasteiger partial charge on any atom is -0.268 e. The van der Waals surface area contributed by atoms with Gasteiger partial charge >= 0.3 is 0 Å². The molecule has 0 fully saturated rings. The van der Waals surface area contributed by atoms with Gasteiger partial charge in [0.15, 0.2) is 0 Å². The molecule has 0 aliphatic heterocycles. The summed E-state index contributed by atoms with van der Waals surface area (Å²) in [5, 5.41) is 0. The van der Waals surface area contributed by atoms with E-state index in [1.54, 1.807) is 24.3 Å². The summed E-state index contributed by atoms with van der Waals surface area (Å²) in [6.45, 7) is 0. The fourth-order valence-corrected chi connectivity index (χ4v) is 5.99. The van der Waals surface area contributed by atoms with Crippen molar-refractivity contribution in [1.82, 2.24) is 4.72 Å². The van der Waals surface area contributed by atoms with E-state index in [4.69, 9.17) is 0 Å². The minimum atomic E-state index is -3.94. The van der Waals surface area contributed by atoms with E-state index in [-0.39, 0.29) is 4.90 Å². The number of hydrogen-bond donors (Lipinski definition) is 1. The number of carbonyl (C=O) groups excluding carboxylic acids is 1. The topological polar surface area (TPSA) is 63.2 Å². The molecular formula is C13H7BrI3NO3S. The van der Waals surface area contributed by atoms with E-state index < -0.39 is 15.9 Å². The molecule has 2 rings (SSSR count). The van der Waals surface area contributed by atoms with Gasteiger partial charge in [0.2, 0.25) is 0 Å². The molecule has 0 saturated heterocycles. The molecule has 4 nitrogen and oxygen atoms in total. The lowest BCUT2D eigenvalue weighted by Crippen LogP contribution is -2.31. The summed E-state index contributed by atoms with van der Waals surface area (Å²) in [4.78, 5) is 12.4. The van der Waals surface area contributed by atoms with Crippen LogP contribution in [0.25, 0.3) is 0 Å². The van der Waals surface area contributed by atoms with Gasteiger partial charge in [0.25, 0.3) is 15.9 Å². The third kappa shape index (κ3) is 4.33. The van der Waals surface area contributed by atoms with Crippen LogP contribution >= 0.6 is 83.7 Å². The van der Waals surface area contributed by atoms with Crippen LogP contribution in [-0.4, -0.2) is 14.3 Å². The van der Waals surface area contributed by atoms with Gasteiger partial charge < -0.3 is 0 Å². The van der Waals surface area contributed by atoms with Gasteiger partial charge in [0.1, 0.15) is 4.90 Å². The summed E-state index contributed by atoms with van der Waals surface area (Å²) in [7, 11) is -3.94. The average Bonchev–Trinajstić information content (AvgIpc) is 2.42. The SMILES string of the molecule is O=C(NS(=O)(=O)c1ccccc1Br)c1cc(I)cc(I)c1I. The van der Waals surface area contributed by atoms with Crippen LogP contribution in [0.2, 0.25) is 0 Å². The largest absolute Gasteiger partial charge is 0.268 e. The maximum absolute atomic E-state index is 12.4. The number of halogens is 4. The molecule has 1 N–H and O–H groups in total. The fraction of sp³-hybridized carbons (Fsp3) is 0. The van der Waals surface area contributed by atoms with Crippen molar-refractivity contribution in [3.05, 3.63) is 57.1 Å². The zero-order valence-corrected chi connectivity index (χ0v) is 19.5. The Hall–Kier alpha value is 0.530. The molecule has 0 atom stereocenters. The molecule has 2 aromatic carbocycles. The predicted octanol–water partition coefficient (Wildman–Crippen LogP) is 4.38. The standard InChI is InChI=1S/C13H7BrI3NO3S/c14-9-3-1-2-4-11(9)22(20,21)18-13(19)8-5-7(15)6-10(16)12(8)17/h1-6H,(H,18,19). The second kappa shape index (κ2) is 7.61. The predicted molar refractivity (Wildman–Crippen MR) is 113 cm³/mol. The number of nitrogens with one attached hydrogen (secondary N) is 1. The molecule has 116 valence electrons. The van der Waals surface area contributed by atoms with Crippen molar-refractivity contribution >= 4 is 99.6 Å². The Balaban J connectivity index is 2.39. The molecule has 22 heavy (non-hydrogen) atoms. The molecule has 0 spiro atoms. The minimum absolute atomic E-state index is 0.0266. The average molecular weight is 718 g/mol. The second-order valence-electron chi connectivity index (χ2n) is 4.11. The molecule has 0 aromatic heterocycles. The first kappa shape index (κ1) is 18.9. The third-order valence-corrected chi connectivity index (χ3v) is 8.60. The molecular weight excluding hydrogens is 711 g/mol. The highest BCUT2D eigenvalue weighted by Gasteiger charge is 2.23. The van der Waals surface area contributed by atoms with Crippen LogP contribution in [0.4, 0.5) is 0 Å². The maximum Gasteiger partial charge on any atom is 0.266 e. The van der Waals surface area contributed by atoms with Crippen LogP contribution in [0.3, 0.4) is 0 Å². The molecule has 0 heterocycles. The van der Waals surface area contributed by atoms with Gasteiger partial charge in [0, 0.05) is 15.2 Å². The number of benzene rings is 2. The van der Waals surface area contributed by atoms with Crippen molar-refractivity contribution in [2.75, 3.05) is 0 Å². The molecule has 0 aliphatic rings. The highest BCUT2D eigenvalue weighted by Crippen LogP contribution is 2.24. The molecule has 0 unspecified atom stereocenters. The monoisotopic (exact) mass is 717 g/mol. The van der Waals surface area contributed by atoms with E-state index in [9.17, 15) is 13.2 Å². The Morgan fingerprint density at radius 3 is 2.36 bits per heavy atom. The Kier molecular flexibility index (Phi) is 6.53. The van der Waals surface area contributed by atoms with Gasteiger partial charge in [0.05, 0.1) is 5.56 Å². The molecule has 1 amide bonds. The molecule has 0 saturated carbocycles. The van der Waals surface area contributed by atoms with Gasteiger partial charge in [-0.05, 0) is 108 Å². The van der Waals surface area contributed by atoms with E-state index in [2.05, 4.69) is 65.8 Å². The summed E-state index contributed by atoms with van der Waals surface area (Å²) in [6.07, 6.45) is 0. The number of amides is 1. The van der Waals surface area contributed by atoms with Gasteiger partial charge in [-0.2, -0.15) is 0 Å². The van der Waals surface area contributed by atoms with Crippen molar-refractivity contribution in [2.24, 2.45) is 0 Å². The van der Waals surface area contributed by atoms with Crippen LogP contribution in [0, 0.1) is 10.7 Å². The van der Waals surface area contributed by atoms with Gasteiger partial charge in [-0.15, -0.1) is 0 Å². The lowest BCUT2D eigenvalue weighted by atomic mass is 10.2.